The van der Waals surface area contributed by atoms with Crippen LogP contribution in [0.25, 0.3) is 0 Å². The zero-order chi connectivity index (χ0) is 17.8. The molecule has 1 aliphatic rings. The van der Waals surface area contributed by atoms with Crippen molar-refractivity contribution in [1.82, 2.24) is 20.3 Å². The Hall–Kier alpha value is -3.23. The Bertz CT molecular complexity index is 816. The van der Waals surface area contributed by atoms with E-state index in [4.69, 9.17) is 5.11 Å². The molecule has 1 aromatic carbocycles. The Labute approximate surface area is 143 Å². The number of carboxylic acid groups (broad SMARTS) is 1. The predicted molar refractivity (Wildman–Crippen MR) is 86.9 cm³/mol. The summed E-state index contributed by atoms with van der Waals surface area (Å²) in [4.78, 5) is 36.4. The molecule has 0 unspecified atom stereocenters. The van der Waals surface area contributed by atoms with Gasteiger partial charge >= 0.3 is 5.97 Å². The molecular formula is C16H17N5O4. The van der Waals surface area contributed by atoms with Crippen LogP contribution in [0.3, 0.4) is 0 Å². The van der Waals surface area contributed by atoms with Gasteiger partial charge in [0.2, 0.25) is 5.91 Å². The molecule has 9 heteroatoms. The topological polar surface area (TPSA) is 117 Å². The van der Waals surface area contributed by atoms with E-state index in [0.29, 0.717) is 29.9 Å². The van der Waals surface area contributed by atoms with Crippen LogP contribution >= 0.6 is 0 Å². The number of carbonyl (C=O) groups is 3. The second-order valence-corrected chi connectivity index (χ2v) is 5.68. The summed E-state index contributed by atoms with van der Waals surface area (Å²) in [5.74, 6) is -1.26. The zero-order valence-corrected chi connectivity index (χ0v) is 13.4. The van der Waals surface area contributed by atoms with Crippen LogP contribution in [0.1, 0.15) is 28.9 Å². The summed E-state index contributed by atoms with van der Waals surface area (Å²) in [6.07, 6.45) is 2.82. The van der Waals surface area contributed by atoms with Gasteiger partial charge in [-0.1, -0.05) is 11.3 Å². The van der Waals surface area contributed by atoms with Crippen molar-refractivity contribution < 1.29 is 19.5 Å². The molecule has 1 saturated heterocycles. The molecule has 1 fully saturated rings. The number of nitrogens with zero attached hydrogens (tertiary/aromatic N) is 4. The number of amides is 2. The van der Waals surface area contributed by atoms with Crippen LogP contribution in [0, 0.1) is 0 Å². The van der Waals surface area contributed by atoms with Crippen molar-refractivity contribution in [2.75, 3.05) is 11.4 Å². The number of hydrogen-bond donors (Lipinski definition) is 2. The van der Waals surface area contributed by atoms with Crippen molar-refractivity contribution in [2.24, 2.45) is 0 Å². The first-order valence-corrected chi connectivity index (χ1v) is 7.82. The molecule has 25 heavy (non-hydrogen) atoms. The average molecular weight is 343 g/mol. The Balaban J connectivity index is 1.62. The normalized spacial score (nSPS) is 13.9. The van der Waals surface area contributed by atoms with E-state index in [2.05, 4.69) is 15.6 Å². The second kappa shape index (κ2) is 7.12. The fourth-order valence-corrected chi connectivity index (χ4v) is 2.64. The minimum atomic E-state index is -1.02. The number of carboxylic acids is 1. The smallest absolute Gasteiger partial charge is 0.325 e. The molecule has 0 saturated carbocycles. The summed E-state index contributed by atoms with van der Waals surface area (Å²) in [5, 5.41) is 18.9. The van der Waals surface area contributed by atoms with Crippen LogP contribution in [0.5, 0.6) is 0 Å². The van der Waals surface area contributed by atoms with Crippen molar-refractivity contribution >= 4 is 23.5 Å². The Morgan fingerprint density at radius 2 is 2.16 bits per heavy atom. The highest BCUT2D eigenvalue weighted by molar-refractivity contribution is 5.99. The van der Waals surface area contributed by atoms with Crippen LogP contribution in [0.4, 0.5) is 5.69 Å². The van der Waals surface area contributed by atoms with Crippen molar-refractivity contribution in [3.05, 3.63) is 41.7 Å². The highest BCUT2D eigenvalue weighted by atomic mass is 16.4. The van der Waals surface area contributed by atoms with Gasteiger partial charge in [0.1, 0.15) is 12.2 Å². The Morgan fingerprint density at radius 3 is 2.88 bits per heavy atom. The lowest BCUT2D eigenvalue weighted by Crippen LogP contribution is -2.26. The molecule has 1 aliphatic heterocycles. The second-order valence-electron chi connectivity index (χ2n) is 5.68. The lowest BCUT2D eigenvalue weighted by Gasteiger charge is -2.16. The summed E-state index contributed by atoms with van der Waals surface area (Å²) in [6, 6.07) is 6.89. The molecule has 2 heterocycles. The van der Waals surface area contributed by atoms with Crippen LogP contribution < -0.4 is 10.2 Å². The monoisotopic (exact) mass is 343 g/mol. The number of rotatable bonds is 6. The molecule has 1 aromatic heterocycles. The summed E-state index contributed by atoms with van der Waals surface area (Å²) in [7, 11) is 0. The van der Waals surface area contributed by atoms with Crippen molar-refractivity contribution in [3.8, 4) is 0 Å². The molecule has 0 spiro atoms. The molecule has 2 amide bonds. The summed E-state index contributed by atoms with van der Waals surface area (Å²) >= 11 is 0. The molecule has 9 nitrogen and oxygen atoms in total. The van der Waals surface area contributed by atoms with Gasteiger partial charge in [0.15, 0.2) is 0 Å². The molecule has 130 valence electrons. The van der Waals surface area contributed by atoms with Gasteiger partial charge in [-0.2, -0.15) is 0 Å². The van der Waals surface area contributed by atoms with E-state index >= 15 is 0 Å². The largest absolute Gasteiger partial charge is 0.480 e. The molecule has 0 bridgehead atoms. The first-order chi connectivity index (χ1) is 12.0. The van der Waals surface area contributed by atoms with E-state index in [0.717, 1.165) is 6.42 Å². The third-order valence-corrected chi connectivity index (χ3v) is 3.81. The lowest BCUT2D eigenvalue weighted by atomic mass is 10.1. The summed E-state index contributed by atoms with van der Waals surface area (Å²) in [5.41, 5.74) is 1.61. The van der Waals surface area contributed by atoms with Crippen molar-refractivity contribution in [1.29, 1.82) is 0 Å². The molecule has 3 rings (SSSR count). The number of hydrogen-bond acceptors (Lipinski definition) is 5. The third-order valence-electron chi connectivity index (χ3n) is 3.81. The molecule has 2 aromatic rings. The third kappa shape index (κ3) is 4.00. The Kier molecular flexibility index (Phi) is 4.73. The highest BCUT2D eigenvalue weighted by Crippen LogP contribution is 2.22. The number of benzene rings is 1. The van der Waals surface area contributed by atoms with Gasteiger partial charge in [-0.25, -0.2) is 4.68 Å². The maximum Gasteiger partial charge on any atom is 0.325 e. The van der Waals surface area contributed by atoms with Crippen LogP contribution in [-0.4, -0.2) is 44.4 Å². The van der Waals surface area contributed by atoms with Gasteiger partial charge in [0.25, 0.3) is 5.91 Å². The standard InChI is InChI=1S/C16H17N5O4/c22-14-5-2-6-21(14)13-4-1-3-11(7-13)16(25)17-8-12-9-20(19-18-12)10-15(23)24/h1,3-4,7,9H,2,5-6,8,10H2,(H,17,25)(H,23,24). The van der Waals surface area contributed by atoms with Gasteiger partial charge in [-0.05, 0) is 24.6 Å². The van der Waals surface area contributed by atoms with Gasteiger partial charge < -0.3 is 15.3 Å². The molecular weight excluding hydrogens is 326 g/mol. The number of nitrogens with one attached hydrogen (secondary N) is 1. The quantitative estimate of drug-likeness (QED) is 0.785. The fourth-order valence-electron chi connectivity index (χ4n) is 2.64. The Morgan fingerprint density at radius 1 is 1.32 bits per heavy atom. The van der Waals surface area contributed by atoms with Gasteiger partial charge in [-0.3, -0.25) is 14.4 Å². The van der Waals surface area contributed by atoms with Gasteiger partial charge in [0.05, 0.1) is 12.7 Å². The number of anilines is 1. The predicted octanol–water partition coefficient (Wildman–Crippen LogP) is 0.419. The maximum absolute atomic E-state index is 12.3. The van der Waals surface area contributed by atoms with E-state index in [1.807, 2.05) is 0 Å². The van der Waals surface area contributed by atoms with Crippen molar-refractivity contribution in [2.45, 2.75) is 25.9 Å². The van der Waals surface area contributed by atoms with E-state index in [-0.39, 0.29) is 24.9 Å². The average Bonchev–Trinajstić information content (AvgIpc) is 3.21. The van der Waals surface area contributed by atoms with Crippen LogP contribution in [0.15, 0.2) is 30.5 Å². The minimum absolute atomic E-state index is 0.0626. The van der Waals surface area contributed by atoms with E-state index in [1.54, 1.807) is 29.2 Å². The summed E-state index contributed by atoms with van der Waals surface area (Å²) in [6.45, 7) is 0.509. The van der Waals surface area contributed by atoms with Crippen LogP contribution in [-0.2, 0) is 22.7 Å². The molecule has 0 radical (unpaired) electrons. The lowest BCUT2D eigenvalue weighted by molar-refractivity contribution is -0.137. The molecule has 0 aliphatic carbocycles. The summed E-state index contributed by atoms with van der Waals surface area (Å²) < 4.78 is 1.18. The number of aromatic nitrogens is 3. The fraction of sp³-hybridized carbons (Fsp3) is 0.312. The van der Waals surface area contributed by atoms with E-state index < -0.39 is 5.97 Å². The first kappa shape index (κ1) is 16.6. The highest BCUT2D eigenvalue weighted by Gasteiger charge is 2.22. The number of carbonyl (C=O) groups excluding carboxylic acids is 2. The van der Waals surface area contributed by atoms with E-state index in [1.165, 1.54) is 10.9 Å². The van der Waals surface area contributed by atoms with Crippen molar-refractivity contribution in [3.63, 3.8) is 0 Å². The maximum atomic E-state index is 12.3. The zero-order valence-electron chi connectivity index (χ0n) is 13.4. The molecule has 0 atom stereocenters. The van der Waals surface area contributed by atoms with E-state index in [9.17, 15) is 14.4 Å². The minimum Gasteiger partial charge on any atom is -0.480 e. The van der Waals surface area contributed by atoms with Gasteiger partial charge in [-0.15, -0.1) is 5.10 Å². The van der Waals surface area contributed by atoms with Crippen LogP contribution in [0.2, 0.25) is 0 Å². The van der Waals surface area contributed by atoms with Gasteiger partial charge in [0, 0.05) is 24.2 Å². The molecule has 2 N–H and O–H groups in total. The number of aliphatic carboxylic acids is 1. The first-order valence-electron chi connectivity index (χ1n) is 7.82. The SMILES string of the molecule is O=C(O)Cn1cc(CNC(=O)c2cccc(N3CCCC3=O)c2)nn1.